The van der Waals surface area contributed by atoms with E-state index in [4.69, 9.17) is 23.2 Å². The predicted molar refractivity (Wildman–Crippen MR) is 74.8 cm³/mol. The van der Waals surface area contributed by atoms with E-state index in [1.165, 1.54) is 0 Å². The van der Waals surface area contributed by atoms with Crippen molar-refractivity contribution in [2.24, 2.45) is 0 Å². The second-order valence-corrected chi connectivity index (χ2v) is 4.94. The molecule has 0 aliphatic heterocycles. The number of carboxylic acid groups (broad SMARTS) is 1. The third-order valence-electron chi connectivity index (χ3n) is 2.83. The molecule has 2 rings (SSSR count). The van der Waals surface area contributed by atoms with Gasteiger partial charge in [0.25, 0.3) is 0 Å². The van der Waals surface area contributed by atoms with E-state index >= 15 is 0 Å². The smallest absolute Gasteiger partial charge is 0.311 e. The summed E-state index contributed by atoms with van der Waals surface area (Å²) in [6.07, 6.45) is 3.67. The van der Waals surface area contributed by atoms with Gasteiger partial charge in [0, 0.05) is 12.4 Å². The molecule has 1 heterocycles. The molecule has 1 atom stereocenters. The summed E-state index contributed by atoms with van der Waals surface area (Å²) in [5.74, 6) is -1.55. The van der Waals surface area contributed by atoms with Crippen LogP contribution in [-0.2, 0) is 11.2 Å². The van der Waals surface area contributed by atoms with Crippen LogP contribution in [0.15, 0.2) is 42.7 Å². The van der Waals surface area contributed by atoms with Crippen LogP contribution in [-0.4, -0.2) is 16.1 Å². The monoisotopic (exact) mass is 295 g/mol. The number of pyridine rings is 1. The number of nitrogens with zero attached hydrogens (tertiary/aromatic N) is 1. The molecule has 0 spiro atoms. The molecular weight excluding hydrogens is 285 g/mol. The predicted octanol–water partition coefficient (Wildman–Crippen LogP) is 3.80. The van der Waals surface area contributed by atoms with E-state index in [2.05, 4.69) is 4.98 Å². The first-order chi connectivity index (χ1) is 9.08. The Labute approximate surface area is 120 Å². The molecular formula is C14H11Cl2NO2. The third kappa shape index (κ3) is 3.46. The largest absolute Gasteiger partial charge is 0.481 e. The van der Waals surface area contributed by atoms with Gasteiger partial charge in [0.15, 0.2) is 0 Å². The van der Waals surface area contributed by atoms with Gasteiger partial charge in [-0.05, 0) is 41.8 Å². The van der Waals surface area contributed by atoms with Gasteiger partial charge in [0.2, 0.25) is 0 Å². The molecule has 0 fully saturated rings. The van der Waals surface area contributed by atoms with Gasteiger partial charge >= 0.3 is 5.97 Å². The Morgan fingerprint density at radius 3 is 2.42 bits per heavy atom. The average molecular weight is 296 g/mol. The van der Waals surface area contributed by atoms with E-state index in [9.17, 15) is 9.90 Å². The molecule has 0 saturated carbocycles. The average Bonchev–Trinajstić information content (AvgIpc) is 2.40. The minimum Gasteiger partial charge on any atom is -0.481 e. The van der Waals surface area contributed by atoms with Crippen LogP contribution in [0.1, 0.15) is 17.0 Å². The number of hydrogen-bond acceptors (Lipinski definition) is 2. The lowest BCUT2D eigenvalue weighted by atomic mass is 9.92. The summed E-state index contributed by atoms with van der Waals surface area (Å²) in [5, 5.41) is 10.1. The summed E-state index contributed by atoms with van der Waals surface area (Å²) in [6, 6.07) is 8.50. The number of aliphatic carboxylic acids is 1. The fraction of sp³-hybridized carbons (Fsp3) is 0.143. The van der Waals surface area contributed by atoms with Crippen molar-refractivity contribution in [3.63, 3.8) is 0 Å². The molecule has 1 unspecified atom stereocenters. The third-order valence-corrected chi connectivity index (χ3v) is 3.57. The fourth-order valence-electron chi connectivity index (χ4n) is 1.83. The number of benzene rings is 1. The highest BCUT2D eigenvalue weighted by molar-refractivity contribution is 6.42. The number of carboxylic acids is 1. The van der Waals surface area contributed by atoms with Crippen molar-refractivity contribution >= 4 is 29.2 Å². The number of aromatic nitrogens is 1. The standard InChI is InChI=1S/C14H11Cl2NO2/c15-12-2-1-10(8-13(12)16)11(14(18)19)7-9-3-5-17-6-4-9/h1-6,8,11H,7H2,(H,18,19). The minimum absolute atomic E-state index is 0.361. The molecule has 2 aromatic rings. The molecule has 3 nitrogen and oxygen atoms in total. The Bertz CT molecular complexity index is 587. The Morgan fingerprint density at radius 1 is 1.16 bits per heavy atom. The maximum absolute atomic E-state index is 11.4. The Morgan fingerprint density at radius 2 is 1.84 bits per heavy atom. The molecule has 0 radical (unpaired) electrons. The second kappa shape index (κ2) is 6.04. The summed E-state index contributed by atoms with van der Waals surface area (Å²) in [6.45, 7) is 0. The van der Waals surface area contributed by atoms with E-state index in [0.29, 0.717) is 22.0 Å². The van der Waals surface area contributed by atoms with Crippen molar-refractivity contribution < 1.29 is 9.90 Å². The molecule has 19 heavy (non-hydrogen) atoms. The molecule has 0 aliphatic rings. The van der Waals surface area contributed by atoms with E-state index in [1.54, 1.807) is 42.7 Å². The SMILES string of the molecule is O=C(O)C(Cc1ccncc1)c1ccc(Cl)c(Cl)c1. The van der Waals surface area contributed by atoms with Gasteiger partial charge in [-0.15, -0.1) is 0 Å². The van der Waals surface area contributed by atoms with Gasteiger partial charge in [-0.3, -0.25) is 9.78 Å². The number of hydrogen-bond donors (Lipinski definition) is 1. The maximum atomic E-state index is 11.4. The van der Waals surface area contributed by atoms with Crippen molar-refractivity contribution in [2.45, 2.75) is 12.3 Å². The van der Waals surface area contributed by atoms with Crippen LogP contribution in [0.5, 0.6) is 0 Å². The van der Waals surface area contributed by atoms with E-state index in [1.807, 2.05) is 0 Å². The molecule has 1 N–H and O–H groups in total. The summed E-state index contributed by atoms with van der Waals surface area (Å²) < 4.78 is 0. The van der Waals surface area contributed by atoms with Crippen LogP contribution < -0.4 is 0 Å². The molecule has 0 amide bonds. The Kier molecular flexibility index (Phi) is 4.40. The Balaban J connectivity index is 2.30. The van der Waals surface area contributed by atoms with E-state index in [-0.39, 0.29) is 0 Å². The van der Waals surface area contributed by atoms with Crippen molar-refractivity contribution in [1.29, 1.82) is 0 Å². The van der Waals surface area contributed by atoms with Gasteiger partial charge in [-0.1, -0.05) is 29.3 Å². The molecule has 5 heteroatoms. The molecule has 0 aliphatic carbocycles. The van der Waals surface area contributed by atoms with Gasteiger partial charge < -0.3 is 5.11 Å². The van der Waals surface area contributed by atoms with E-state index in [0.717, 1.165) is 5.56 Å². The molecule has 1 aromatic heterocycles. The maximum Gasteiger partial charge on any atom is 0.311 e. The van der Waals surface area contributed by atoms with Gasteiger partial charge in [0.1, 0.15) is 0 Å². The van der Waals surface area contributed by atoms with Crippen LogP contribution in [0.4, 0.5) is 0 Å². The van der Waals surface area contributed by atoms with Gasteiger partial charge in [-0.2, -0.15) is 0 Å². The fourth-order valence-corrected chi connectivity index (χ4v) is 2.14. The van der Waals surface area contributed by atoms with E-state index < -0.39 is 11.9 Å². The van der Waals surface area contributed by atoms with Gasteiger partial charge in [0.05, 0.1) is 16.0 Å². The highest BCUT2D eigenvalue weighted by Gasteiger charge is 2.21. The summed E-state index contributed by atoms with van der Waals surface area (Å²) in [7, 11) is 0. The lowest BCUT2D eigenvalue weighted by molar-refractivity contribution is -0.138. The lowest BCUT2D eigenvalue weighted by Crippen LogP contribution is -2.14. The first kappa shape index (κ1) is 13.8. The van der Waals surface area contributed by atoms with Crippen molar-refractivity contribution in [2.75, 3.05) is 0 Å². The van der Waals surface area contributed by atoms with Crippen LogP contribution in [0.3, 0.4) is 0 Å². The zero-order valence-electron chi connectivity index (χ0n) is 9.88. The first-order valence-electron chi connectivity index (χ1n) is 5.64. The topological polar surface area (TPSA) is 50.2 Å². The summed E-state index contributed by atoms with van der Waals surface area (Å²) in [5.41, 5.74) is 1.55. The van der Waals surface area contributed by atoms with Crippen molar-refractivity contribution in [1.82, 2.24) is 4.98 Å². The normalized spacial score (nSPS) is 12.1. The van der Waals surface area contributed by atoms with Crippen LogP contribution in [0, 0.1) is 0 Å². The van der Waals surface area contributed by atoms with Crippen LogP contribution >= 0.6 is 23.2 Å². The molecule has 0 bridgehead atoms. The van der Waals surface area contributed by atoms with Gasteiger partial charge in [-0.25, -0.2) is 0 Å². The van der Waals surface area contributed by atoms with Crippen LogP contribution in [0.2, 0.25) is 10.0 Å². The summed E-state index contributed by atoms with van der Waals surface area (Å²) in [4.78, 5) is 15.3. The van der Waals surface area contributed by atoms with Crippen molar-refractivity contribution in [3.8, 4) is 0 Å². The highest BCUT2D eigenvalue weighted by Crippen LogP contribution is 2.28. The second-order valence-electron chi connectivity index (χ2n) is 4.12. The lowest BCUT2D eigenvalue weighted by Gasteiger charge is -2.13. The first-order valence-corrected chi connectivity index (χ1v) is 6.40. The zero-order chi connectivity index (χ0) is 13.8. The zero-order valence-corrected chi connectivity index (χ0v) is 11.4. The highest BCUT2D eigenvalue weighted by atomic mass is 35.5. The number of carbonyl (C=O) groups is 1. The number of halogens is 2. The number of rotatable bonds is 4. The minimum atomic E-state index is -0.893. The molecule has 1 aromatic carbocycles. The van der Waals surface area contributed by atoms with Crippen LogP contribution in [0.25, 0.3) is 0 Å². The van der Waals surface area contributed by atoms with Crippen molar-refractivity contribution in [3.05, 3.63) is 63.9 Å². The quantitative estimate of drug-likeness (QED) is 0.933. The molecule has 98 valence electrons. The summed E-state index contributed by atoms with van der Waals surface area (Å²) >= 11 is 11.8. The molecule has 0 saturated heterocycles. The Hall–Kier alpha value is -1.58.